The molecule has 0 aliphatic heterocycles. The summed E-state index contributed by atoms with van der Waals surface area (Å²) in [4.78, 5) is 0. The summed E-state index contributed by atoms with van der Waals surface area (Å²) < 4.78 is 32.0. The highest BCUT2D eigenvalue weighted by Gasteiger charge is 2.10. The van der Waals surface area contributed by atoms with E-state index in [1.54, 1.807) is 0 Å². The fourth-order valence-electron chi connectivity index (χ4n) is 1.95. The van der Waals surface area contributed by atoms with E-state index in [0.717, 1.165) is 17.2 Å². The van der Waals surface area contributed by atoms with E-state index < -0.39 is 11.6 Å². The van der Waals surface area contributed by atoms with E-state index in [9.17, 15) is 8.78 Å². The minimum atomic E-state index is -0.612. The van der Waals surface area contributed by atoms with Crippen LogP contribution in [0.25, 0.3) is 0 Å². The molecule has 2 aromatic rings. The minimum absolute atomic E-state index is 0.0366. The molecule has 106 valence electrons. The smallest absolute Gasteiger partial charge is 0.132 e. The standard InChI is InChI=1S/C16H17F2NO/c1-10-3-6-16(14(7-10)11(2)19)20-9-12-4-5-13(17)8-15(12)18/h3-8,11H,9,19H2,1-2H3/t11-/m0/s1. The quantitative estimate of drug-likeness (QED) is 0.920. The van der Waals surface area contributed by atoms with Crippen LogP contribution in [0.3, 0.4) is 0 Å². The number of rotatable bonds is 4. The second-order valence-electron chi connectivity index (χ2n) is 4.85. The highest BCUT2D eigenvalue weighted by atomic mass is 19.1. The Labute approximate surface area is 117 Å². The molecular formula is C16H17F2NO. The second-order valence-corrected chi connectivity index (χ2v) is 4.85. The first-order valence-electron chi connectivity index (χ1n) is 6.40. The molecule has 0 unspecified atom stereocenters. The van der Waals surface area contributed by atoms with Crippen LogP contribution in [0.15, 0.2) is 36.4 Å². The monoisotopic (exact) mass is 277 g/mol. The van der Waals surface area contributed by atoms with Crippen molar-refractivity contribution >= 4 is 0 Å². The van der Waals surface area contributed by atoms with Crippen molar-refractivity contribution in [2.24, 2.45) is 5.73 Å². The van der Waals surface area contributed by atoms with Crippen molar-refractivity contribution < 1.29 is 13.5 Å². The number of nitrogens with two attached hydrogens (primary N) is 1. The first kappa shape index (κ1) is 14.5. The molecule has 4 heteroatoms. The Morgan fingerprint density at radius 2 is 1.90 bits per heavy atom. The molecule has 2 aromatic carbocycles. The molecule has 0 aliphatic rings. The third kappa shape index (κ3) is 3.33. The number of hydrogen-bond donors (Lipinski definition) is 1. The van der Waals surface area contributed by atoms with Gasteiger partial charge in [0.15, 0.2) is 0 Å². The van der Waals surface area contributed by atoms with Gasteiger partial charge in [-0.05, 0) is 32.0 Å². The fraction of sp³-hybridized carbons (Fsp3) is 0.250. The highest BCUT2D eigenvalue weighted by molar-refractivity contribution is 5.39. The zero-order chi connectivity index (χ0) is 14.7. The van der Waals surface area contributed by atoms with Crippen molar-refractivity contribution in [2.75, 3.05) is 0 Å². The van der Waals surface area contributed by atoms with E-state index in [-0.39, 0.29) is 12.6 Å². The summed E-state index contributed by atoms with van der Waals surface area (Å²) in [7, 11) is 0. The van der Waals surface area contributed by atoms with Crippen molar-refractivity contribution in [3.8, 4) is 5.75 Å². The molecule has 0 radical (unpaired) electrons. The van der Waals surface area contributed by atoms with Gasteiger partial charge in [0.05, 0.1) is 0 Å². The highest BCUT2D eigenvalue weighted by Crippen LogP contribution is 2.26. The Morgan fingerprint density at radius 1 is 1.15 bits per heavy atom. The van der Waals surface area contributed by atoms with E-state index in [2.05, 4.69) is 0 Å². The van der Waals surface area contributed by atoms with E-state index in [1.165, 1.54) is 12.1 Å². The zero-order valence-electron chi connectivity index (χ0n) is 11.5. The van der Waals surface area contributed by atoms with Gasteiger partial charge < -0.3 is 10.5 Å². The van der Waals surface area contributed by atoms with Crippen LogP contribution in [-0.4, -0.2) is 0 Å². The van der Waals surface area contributed by atoms with Crippen LogP contribution in [0.2, 0.25) is 0 Å². The Kier molecular flexibility index (Phi) is 4.35. The second kappa shape index (κ2) is 6.01. The SMILES string of the molecule is Cc1ccc(OCc2ccc(F)cc2F)c([C@H](C)N)c1. The molecule has 0 heterocycles. The first-order chi connectivity index (χ1) is 9.47. The van der Waals surface area contributed by atoms with Gasteiger partial charge in [-0.15, -0.1) is 0 Å². The summed E-state index contributed by atoms with van der Waals surface area (Å²) in [6.07, 6.45) is 0. The van der Waals surface area contributed by atoms with Gasteiger partial charge in [-0.25, -0.2) is 8.78 Å². The Morgan fingerprint density at radius 3 is 2.55 bits per heavy atom. The maximum Gasteiger partial charge on any atom is 0.132 e. The molecule has 2 nitrogen and oxygen atoms in total. The maximum atomic E-state index is 13.5. The molecule has 0 aliphatic carbocycles. The average molecular weight is 277 g/mol. The van der Waals surface area contributed by atoms with Crippen LogP contribution in [-0.2, 0) is 6.61 Å². The van der Waals surface area contributed by atoms with Crippen LogP contribution >= 0.6 is 0 Å². The van der Waals surface area contributed by atoms with Crippen LogP contribution in [0, 0.1) is 18.6 Å². The van der Waals surface area contributed by atoms with Crippen LogP contribution < -0.4 is 10.5 Å². The molecule has 0 saturated carbocycles. The minimum Gasteiger partial charge on any atom is -0.488 e. The van der Waals surface area contributed by atoms with Crippen molar-refractivity contribution in [3.63, 3.8) is 0 Å². The summed E-state index contributed by atoms with van der Waals surface area (Å²) in [6.45, 7) is 3.87. The molecule has 0 amide bonds. The van der Waals surface area contributed by atoms with Gasteiger partial charge in [0, 0.05) is 23.2 Å². The number of ether oxygens (including phenoxy) is 1. The molecule has 0 aromatic heterocycles. The van der Waals surface area contributed by atoms with Crippen molar-refractivity contribution in [1.82, 2.24) is 0 Å². The third-order valence-electron chi connectivity index (χ3n) is 3.05. The van der Waals surface area contributed by atoms with Crippen molar-refractivity contribution in [3.05, 3.63) is 64.7 Å². The number of aryl methyl sites for hydroxylation is 1. The van der Waals surface area contributed by atoms with Crippen LogP contribution in [0.5, 0.6) is 5.75 Å². The van der Waals surface area contributed by atoms with Gasteiger partial charge in [-0.2, -0.15) is 0 Å². The fourth-order valence-corrected chi connectivity index (χ4v) is 1.95. The number of benzene rings is 2. The van der Waals surface area contributed by atoms with E-state index in [0.29, 0.717) is 11.3 Å². The molecule has 1 atom stereocenters. The topological polar surface area (TPSA) is 35.2 Å². The largest absolute Gasteiger partial charge is 0.488 e. The van der Waals surface area contributed by atoms with Gasteiger partial charge in [0.1, 0.15) is 24.0 Å². The molecule has 0 bridgehead atoms. The number of halogens is 2. The van der Waals surface area contributed by atoms with Gasteiger partial charge >= 0.3 is 0 Å². The predicted octanol–water partition coefficient (Wildman–Crippen LogP) is 3.87. The van der Waals surface area contributed by atoms with E-state index in [4.69, 9.17) is 10.5 Å². The zero-order valence-corrected chi connectivity index (χ0v) is 11.5. The summed E-state index contributed by atoms with van der Waals surface area (Å²) in [6, 6.07) is 8.93. The van der Waals surface area contributed by atoms with Crippen molar-refractivity contribution in [2.45, 2.75) is 26.5 Å². The van der Waals surface area contributed by atoms with Gasteiger partial charge in [-0.3, -0.25) is 0 Å². The molecule has 0 fully saturated rings. The third-order valence-corrected chi connectivity index (χ3v) is 3.05. The van der Waals surface area contributed by atoms with Crippen LogP contribution in [0.1, 0.15) is 29.7 Å². The summed E-state index contributed by atoms with van der Waals surface area (Å²) >= 11 is 0. The molecule has 2 N–H and O–H groups in total. The van der Waals surface area contributed by atoms with Crippen molar-refractivity contribution in [1.29, 1.82) is 0 Å². The van der Waals surface area contributed by atoms with Gasteiger partial charge in [-0.1, -0.05) is 17.7 Å². The van der Waals surface area contributed by atoms with E-state index in [1.807, 2.05) is 32.0 Å². The normalized spacial score (nSPS) is 12.2. The number of hydrogen-bond acceptors (Lipinski definition) is 2. The summed E-state index contributed by atoms with van der Waals surface area (Å²) in [5.74, 6) is -0.591. The van der Waals surface area contributed by atoms with Gasteiger partial charge in [0.2, 0.25) is 0 Å². The van der Waals surface area contributed by atoms with Gasteiger partial charge in [0.25, 0.3) is 0 Å². The molecule has 0 spiro atoms. The lowest BCUT2D eigenvalue weighted by molar-refractivity contribution is 0.295. The molecule has 0 saturated heterocycles. The first-order valence-corrected chi connectivity index (χ1v) is 6.40. The lowest BCUT2D eigenvalue weighted by Crippen LogP contribution is -2.09. The van der Waals surface area contributed by atoms with Crippen LogP contribution in [0.4, 0.5) is 8.78 Å². The lowest BCUT2D eigenvalue weighted by Gasteiger charge is -2.15. The van der Waals surface area contributed by atoms with E-state index >= 15 is 0 Å². The Bertz CT molecular complexity index is 611. The summed E-state index contributed by atoms with van der Waals surface area (Å²) in [5, 5.41) is 0. The Hall–Kier alpha value is -1.94. The Balaban J connectivity index is 2.18. The molecular weight excluding hydrogens is 260 g/mol. The summed E-state index contributed by atoms with van der Waals surface area (Å²) in [5.41, 5.74) is 8.16. The maximum absolute atomic E-state index is 13.5. The lowest BCUT2D eigenvalue weighted by atomic mass is 10.1. The average Bonchev–Trinajstić information content (AvgIpc) is 2.38. The molecule has 20 heavy (non-hydrogen) atoms. The molecule has 2 rings (SSSR count). The predicted molar refractivity (Wildman–Crippen MR) is 74.5 cm³/mol.